The first-order chi connectivity index (χ1) is 8.08. The third kappa shape index (κ3) is 2.93. The topological polar surface area (TPSA) is 46.2 Å². The van der Waals surface area contributed by atoms with E-state index >= 15 is 0 Å². The van der Waals surface area contributed by atoms with Crippen LogP contribution in [0, 0.1) is 5.92 Å². The van der Waals surface area contributed by atoms with Gasteiger partial charge in [0.25, 0.3) is 0 Å². The second-order valence-corrected chi connectivity index (χ2v) is 4.68. The van der Waals surface area contributed by atoms with Crippen LogP contribution in [-0.2, 0) is 4.79 Å². The molecule has 1 atom stereocenters. The number of hydrogen-bond acceptors (Lipinski definition) is 2. The van der Waals surface area contributed by atoms with Crippen LogP contribution in [-0.4, -0.2) is 11.7 Å². The molecule has 0 unspecified atom stereocenters. The van der Waals surface area contributed by atoms with E-state index in [-0.39, 0.29) is 23.7 Å². The lowest BCUT2D eigenvalue weighted by Gasteiger charge is -2.14. The van der Waals surface area contributed by atoms with Gasteiger partial charge in [-0.1, -0.05) is 24.3 Å². The largest absolute Gasteiger partial charge is 0.349 e. The lowest BCUT2D eigenvalue weighted by atomic mass is 10.0. The Bertz CT molecular complexity index is 432. The predicted molar refractivity (Wildman–Crippen MR) is 65.7 cm³/mol. The van der Waals surface area contributed by atoms with Gasteiger partial charge in [-0.05, 0) is 32.3 Å². The number of ketones is 1. The molecule has 1 aromatic carbocycles. The number of nitrogens with one attached hydrogen (secondary N) is 1. The fraction of sp³-hybridized carbons (Fsp3) is 0.429. The highest BCUT2D eigenvalue weighted by molar-refractivity contribution is 5.94. The van der Waals surface area contributed by atoms with Gasteiger partial charge in [-0.15, -0.1) is 0 Å². The third-order valence-corrected chi connectivity index (χ3v) is 3.12. The molecule has 90 valence electrons. The second kappa shape index (κ2) is 4.70. The molecule has 1 amide bonds. The number of carbonyl (C=O) groups excluding carboxylic acids is 2. The second-order valence-electron chi connectivity index (χ2n) is 4.68. The Hall–Kier alpha value is -1.64. The van der Waals surface area contributed by atoms with Crippen molar-refractivity contribution in [3.05, 3.63) is 35.4 Å². The molecule has 1 aromatic rings. The van der Waals surface area contributed by atoms with Gasteiger partial charge in [0.2, 0.25) is 5.91 Å². The predicted octanol–water partition coefficient (Wildman–Crippen LogP) is 2.48. The normalized spacial score (nSPS) is 16.4. The van der Waals surface area contributed by atoms with Crippen LogP contribution in [0.25, 0.3) is 0 Å². The number of hydrogen-bond donors (Lipinski definition) is 1. The summed E-state index contributed by atoms with van der Waals surface area (Å²) in [5, 5.41) is 2.98. The molecule has 1 N–H and O–H groups in total. The maximum absolute atomic E-state index is 11.6. The van der Waals surface area contributed by atoms with Gasteiger partial charge in [-0.25, -0.2) is 0 Å². The number of Topliss-reactive ketones (excluding diaryl/α,β-unsaturated/α-hetero) is 1. The highest BCUT2D eigenvalue weighted by Crippen LogP contribution is 2.29. The van der Waals surface area contributed by atoms with E-state index < -0.39 is 0 Å². The summed E-state index contributed by atoms with van der Waals surface area (Å²) in [7, 11) is 0. The molecule has 1 saturated carbocycles. The molecular weight excluding hydrogens is 214 g/mol. The van der Waals surface area contributed by atoms with E-state index in [0.29, 0.717) is 5.56 Å². The minimum absolute atomic E-state index is 0.00380. The molecule has 0 aliphatic heterocycles. The van der Waals surface area contributed by atoms with Crippen molar-refractivity contribution in [1.82, 2.24) is 5.32 Å². The van der Waals surface area contributed by atoms with Crippen LogP contribution in [0.3, 0.4) is 0 Å². The molecule has 3 heteroatoms. The zero-order valence-electron chi connectivity index (χ0n) is 10.2. The van der Waals surface area contributed by atoms with Gasteiger partial charge in [-0.3, -0.25) is 9.59 Å². The minimum Gasteiger partial charge on any atom is -0.349 e. The van der Waals surface area contributed by atoms with Crippen molar-refractivity contribution in [2.24, 2.45) is 5.92 Å². The molecule has 2 rings (SSSR count). The fourth-order valence-corrected chi connectivity index (χ4v) is 1.77. The van der Waals surface area contributed by atoms with E-state index in [0.717, 1.165) is 18.4 Å². The number of rotatable bonds is 4. The first-order valence-electron chi connectivity index (χ1n) is 5.99. The molecule has 1 aliphatic rings. The van der Waals surface area contributed by atoms with Crippen LogP contribution in [0.1, 0.15) is 48.7 Å². The molecule has 17 heavy (non-hydrogen) atoms. The van der Waals surface area contributed by atoms with Gasteiger partial charge in [0.1, 0.15) is 0 Å². The molecule has 1 aliphatic carbocycles. The fourth-order valence-electron chi connectivity index (χ4n) is 1.77. The van der Waals surface area contributed by atoms with Gasteiger partial charge in [-0.2, -0.15) is 0 Å². The molecule has 0 saturated heterocycles. The lowest BCUT2D eigenvalue weighted by Crippen LogP contribution is -2.27. The molecule has 0 aromatic heterocycles. The molecule has 1 fully saturated rings. The summed E-state index contributed by atoms with van der Waals surface area (Å²) >= 11 is 0. The highest BCUT2D eigenvalue weighted by Gasteiger charge is 2.30. The Morgan fingerprint density at radius 1 is 1.24 bits per heavy atom. The number of carbonyl (C=O) groups is 2. The molecule has 3 nitrogen and oxygen atoms in total. The summed E-state index contributed by atoms with van der Waals surface area (Å²) in [6, 6.07) is 7.40. The summed E-state index contributed by atoms with van der Waals surface area (Å²) in [6.45, 7) is 3.51. The summed E-state index contributed by atoms with van der Waals surface area (Å²) in [4.78, 5) is 22.7. The van der Waals surface area contributed by atoms with Gasteiger partial charge in [0.05, 0.1) is 6.04 Å². The van der Waals surface area contributed by atoms with Crippen molar-refractivity contribution in [3.8, 4) is 0 Å². The van der Waals surface area contributed by atoms with Crippen molar-refractivity contribution < 1.29 is 9.59 Å². The Balaban J connectivity index is 2.00. The van der Waals surface area contributed by atoms with Gasteiger partial charge < -0.3 is 5.32 Å². The molecule has 0 heterocycles. The average Bonchev–Trinajstić information content (AvgIpc) is 3.12. The standard InChI is InChI=1S/C14H17NO2/c1-9(15-14(17)13-7-8-13)11-3-5-12(6-4-11)10(2)16/h3-6,9,13H,7-8H2,1-2H3,(H,15,17)/t9-/m0/s1. The maximum Gasteiger partial charge on any atom is 0.223 e. The summed E-state index contributed by atoms with van der Waals surface area (Å²) in [5.74, 6) is 0.438. The van der Waals surface area contributed by atoms with Crippen LogP contribution in [0.5, 0.6) is 0 Å². The Labute approximate surface area is 101 Å². The van der Waals surface area contributed by atoms with Crippen molar-refractivity contribution in [2.45, 2.75) is 32.7 Å². The monoisotopic (exact) mass is 231 g/mol. The van der Waals surface area contributed by atoms with Crippen LogP contribution >= 0.6 is 0 Å². The van der Waals surface area contributed by atoms with E-state index in [1.54, 1.807) is 19.1 Å². The van der Waals surface area contributed by atoms with Crippen molar-refractivity contribution in [1.29, 1.82) is 0 Å². The Morgan fingerprint density at radius 3 is 2.29 bits per heavy atom. The van der Waals surface area contributed by atoms with Crippen LogP contribution < -0.4 is 5.32 Å². The van der Waals surface area contributed by atoms with Crippen LogP contribution in [0.4, 0.5) is 0 Å². The first kappa shape index (κ1) is 11.8. The van der Waals surface area contributed by atoms with E-state index in [9.17, 15) is 9.59 Å². The third-order valence-electron chi connectivity index (χ3n) is 3.12. The summed E-state index contributed by atoms with van der Waals surface area (Å²) in [5.41, 5.74) is 1.73. The number of amides is 1. The van der Waals surface area contributed by atoms with Gasteiger partial charge in [0.15, 0.2) is 5.78 Å². The van der Waals surface area contributed by atoms with Crippen LogP contribution in [0.15, 0.2) is 24.3 Å². The van der Waals surface area contributed by atoms with Crippen LogP contribution in [0.2, 0.25) is 0 Å². The SMILES string of the molecule is CC(=O)c1ccc([C@H](C)NC(=O)C2CC2)cc1. The minimum atomic E-state index is 0.00380. The van der Waals surface area contributed by atoms with E-state index in [4.69, 9.17) is 0 Å². The first-order valence-corrected chi connectivity index (χ1v) is 5.99. The Kier molecular flexibility index (Phi) is 3.27. The maximum atomic E-state index is 11.6. The van der Waals surface area contributed by atoms with E-state index in [1.807, 2.05) is 19.1 Å². The average molecular weight is 231 g/mol. The lowest BCUT2D eigenvalue weighted by molar-refractivity contribution is -0.122. The van der Waals surface area contributed by atoms with E-state index in [2.05, 4.69) is 5.32 Å². The quantitative estimate of drug-likeness (QED) is 0.809. The van der Waals surface area contributed by atoms with Crippen molar-refractivity contribution >= 4 is 11.7 Å². The number of benzene rings is 1. The van der Waals surface area contributed by atoms with Crippen molar-refractivity contribution in [2.75, 3.05) is 0 Å². The molecule has 0 radical (unpaired) electrons. The van der Waals surface area contributed by atoms with Gasteiger partial charge in [0, 0.05) is 11.5 Å². The zero-order chi connectivity index (χ0) is 12.4. The zero-order valence-corrected chi connectivity index (χ0v) is 10.2. The molecular formula is C14H17NO2. The highest BCUT2D eigenvalue weighted by atomic mass is 16.2. The summed E-state index contributed by atoms with van der Waals surface area (Å²) < 4.78 is 0. The molecule has 0 spiro atoms. The van der Waals surface area contributed by atoms with Gasteiger partial charge >= 0.3 is 0 Å². The summed E-state index contributed by atoms with van der Waals surface area (Å²) in [6.07, 6.45) is 2.03. The smallest absolute Gasteiger partial charge is 0.223 e. The Morgan fingerprint density at radius 2 is 1.82 bits per heavy atom. The van der Waals surface area contributed by atoms with E-state index in [1.165, 1.54) is 0 Å². The van der Waals surface area contributed by atoms with Crippen molar-refractivity contribution in [3.63, 3.8) is 0 Å². The molecule has 0 bridgehead atoms.